The molecule has 8 nitrogen and oxygen atoms in total. The Hall–Kier alpha value is -2.45. The molecule has 0 aliphatic carbocycles. The number of hydrogen-bond donors (Lipinski definition) is 3. The second kappa shape index (κ2) is 4.04. The molecule has 0 spiro atoms. The predicted octanol–water partition coefficient (Wildman–Crippen LogP) is 0.343. The molecule has 0 saturated heterocycles. The number of carbonyl (C=O) groups excluding carboxylic acids is 1. The summed E-state index contributed by atoms with van der Waals surface area (Å²) in [7, 11) is 0. The van der Waals surface area contributed by atoms with Crippen LogP contribution >= 0.6 is 11.6 Å². The van der Waals surface area contributed by atoms with Gasteiger partial charge in [0.15, 0.2) is 0 Å². The van der Waals surface area contributed by atoms with Crippen molar-refractivity contribution in [2.24, 2.45) is 0 Å². The molecule has 3 rings (SSSR count). The van der Waals surface area contributed by atoms with Crippen LogP contribution < -0.4 is 11.0 Å². The standard InChI is InChI=1S/C10H6ClN5O3/c11-4-1-2-6-5(3-4)12-10(18)8-13-7(9(17)15-19)14-16(6)8/h1-3,19H,(H,12,18)(H,15,17). The third kappa shape index (κ3) is 1.74. The van der Waals surface area contributed by atoms with Crippen LogP contribution in [0.2, 0.25) is 5.02 Å². The summed E-state index contributed by atoms with van der Waals surface area (Å²) in [5, 5.41) is 12.9. The number of halogens is 1. The molecule has 0 bridgehead atoms. The Balaban J connectivity index is 2.43. The first-order valence-corrected chi connectivity index (χ1v) is 5.50. The zero-order valence-electron chi connectivity index (χ0n) is 9.22. The minimum atomic E-state index is -0.898. The van der Waals surface area contributed by atoms with Gasteiger partial charge in [-0.05, 0) is 18.2 Å². The van der Waals surface area contributed by atoms with E-state index in [0.29, 0.717) is 16.1 Å². The molecule has 0 saturated carbocycles. The number of rotatable bonds is 1. The summed E-state index contributed by atoms with van der Waals surface area (Å²) in [6.45, 7) is 0. The zero-order chi connectivity index (χ0) is 13.6. The number of nitrogens with zero attached hydrogens (tertiary/aromatic N) is 3. The van der Waals surface area contributed by atoms with E-state index < -0.39 is 11.5 Å². The SMILES string of the molecule is O=C(NO)c1nc2c(=O)[nH]c3cc(Cl)ccc3n2n1. The van der Waals surface area contributed by atoms with Crippen LogP contribution in [0.4, 0.5) is 0 Å². The number of aromatic nitrogens is 4. The Morgan fingerprint density at radius 1 is 1.47 bits per heavy atom. The number of fused-ring (bicyclic) bond motifs is 3. The Morgan fingerprint density at radius 2 is 2.26 bits per heavy atom. The lowest BCUT2D eigenvalue weighted by Crippen LogP contribution is -2.20. The molecule has 0 atom stereocenters. The van der Waals surface area contributed by atoms with Crippen molar-refractivity contribution < 1.29 is 10.0 Å². The maximum atomic E-state index is 11.8. The molecule has 9 heteroatoms. The normalized spacial score (nSPS) is 11.1. The second-order valence-electron chi connectivity index (χ2n) is 3.73. The van der Waals surface area contributed by atoms with E-state index in [1.807, 2.05) is 0 Å². The highest BCUT2D eigenvalue weighted by atomic mass is 35.5. The highest BCUT2D eigenvalue weighted by Gasteiger charge is 2.15. The van der Waals surface area contributed by atoms with Crippen molar-refractivity contribution in [3.63, 3.8) is 0 Å². The van der Waals surface area contributed by atoms with E-state index in [1.54, 1.807) is 18.2 Å². The first-order valence-electron chi connectivity index (χ1n) is 5.13. The van der Waals surface area contributed by atoms with Gasteiger partial charge < -0.3 is 4.98 Å². The molecule has 0 aliphatic rings. The van der Waals surface area contributed by atoms with Crippen LogP contribution in [0.5, 0.6) is 0 Å². The molecule has 19 heavy (non-hydrogen) atoms. The molecule has 2 aromatic heterocycles. The fourth-order valence-electron chi connectivity index (χ4n) is 1.74. The first kappa shape index (κ1) is 11.6. The lowest BCUT2D eigenvalue weighted by Gasteiger charge is -2.00. The van der Waals surface area contributed by atoms with Crippen molar-refractivity contribution in [3.05, 3.63) is 39.4 Å². The van der Waals surface area contributed by atoms with Crippen LogP contribution in [0, 0.1) is 0 Å². The van der Waals surface area contributed by atoms with Crippen molar-refractivity contribution >= 4 is 34.2 Å². The molecule has 0 fully saturated rings. The van der Waals surface area contributed by atoms with Crippen molar-refractivity contribution in [1.82, 2.24) is 25.1 Å². The summed E-state index contributed by atoms with van der Waals surface area (Å²) in [5.41, 5.74) is 1.84. The molecule has 0 aliphatic heterocycles. The average molecular weight is 280 g/mol. The third-order valence-electron chi connectivity index (χ3n) is 2.55. The predicted molar refractivity (Wildman–Crippen MR) is 65.4 cm³/mol. The highest BCUT2D eigenvalue weighted by molar-refractivity contribution is 6.31. The van der Waals surface area contributed by atoms with Gasteiger partial charge >= 0.3 is 5.91 Å². The second-order valence-corrected chi connectivity index (χ2v) is 4.16. The van der Waals surface area contributed by atoms with Crippen LogP contribution in [0.3, 0.4) is 0 Å². The quantitative estimate of drug-likeness (QED) is 0.439. The van der Waals surface area contributed by atoms with E-state index >= 15 is 0 Å². The molecule has 3 aromatic rings. The fourth-order valence-corrected chi connectivity index (χ4v) is 1.92. The summed E-state index contributed by atoms with van der Waals surface area (Å²) in [5.74, 6) is -1.21. The smallest absolute Gasteiger partial charge is 0.314 e. The highest BCUT2D eigenvalue weighted by Crippen LogP contribution is 2.16. The monoisotopic (exact) mass is 279 g/mol. The van der Waals surface area contributed by atoms with Crippen LogP contribution in [0.25, 0.3) is 16.7 Å². The Kier molecular flexibility index (Phi) is 2.47. The number of benzene rings is 1. The van der Waals surface area contributed by atoms with Gasteiger partial charge in [-0.15, -0.1) is 5.10 Å². The van der Waals surface area contributed by atoms with Gasteiger partial charge in [0.25, 0.3) is 5.56 Å². The number of nitrogens with one attached hydrogen (secondary N) is 2. The summed E-state index contributed by atoms with van der Waals surface area (Å²) < 4.78 is 1.22. The maximum absolute atomic E-state index is 11.8. The molecule has 2 heterocycles. The van der Waals surface area contributed by atoms with Gasteiger partial charge in [-0.2, -0.15) is 4.98 Å². The Morgan fingerprint density at radius 3 is 3.00 bits per heavy atom. The molecule has 1 amide bonds. The van der Waals surface area contributed by atoms with Crippen molar-refractivity contribution in [2.75, 3.05) is 0 Å². The molecular formula is C10H6ClN5O3. The van der Waals surface area contributed by atoms with Crippen molar-refractivity contribution in [2.45, 2.75) is 0 Å². The van der Waals surface area contributed by atoms with Gasteiger partial charge in [0.05, 0.1) is 11.0 Å². The molecule has 3 N–H and O–H groups in total. The first-order chi connectivity index (χ1) is 9.10. The van der Waals surface area contributed by atoms with E-state index in [1.165, 1.54) is 10.00 Å². The number of hydroxylamine groups is 1. The van der Waals surface area contributed by atoms with E-state index in [9.17, 15) is 9.59 Å². The molecule has 0 unspecified atom stereocenters. The Labute approximate surface area is 109 Å². The van der Waals surface area contributed by atoms with Gasteiger partial charge in [-0.1, -0.05) is 11.6 Å². The van der Waals surface area contributed by atoms with Gasteiger partial charge in [-0.3, -0.25) is 14.8 Å². The molecular weight excluding hydrogens is 274 g/mol. The zero-order valence-corrected chi connectivity index (χ0v) is 9.97. The van der Waals surface area contributed by atoms with E-state index in [-0.39, 0.29) is 11.5 Å². The summed E-state index contributed by atoms with van der Waals surface area (Å²) in [4.78, 5) is 29.4. The number of aromatic amines is 1. The maximum Gasteiger partial charge on any atom is 0.314 e. The fraction of sp³-hybridized carbons (Fsp3) is 0. The van der Waals surface area contributed by atoms with Crippen molar-refractivity contribution in [1.29, 1.82) is 0 Å². The Bertz CT molecular complexity index is 869. The lowest BCUT2D eigenvalue weighted by molar-refractivity contribution is 0.0695. The largest absolute Gasteiger partial charge is 0.317 e. The number of hydrogen-bond acceptors (Lipinski definition) is 5. The van der Waals surface area contributed by atoms with Gasteiger partial charge in [-0.25, -0.2) is 10.00 Å². The van der Waals surface area contributed by atoms with E-state index in [0.717, 1.165) is 0 Å². The van der Waals surface area contributed by atoms with Gasteiger partial charge in [0.2, 0.25) is 11.5 Å². The summed E-state index contributed by atoms with van der Waals surface area (Å²) in [6, 6.07) is 4.82. The van der Waals surface area contributed by atoms with E-state index in [4.69, 9.17) is 16.8 Å². The van der Waals surface area contributed by atoms with Gasteiger partial charge in [0.1, 0.15) is 0 Å². The minimum Gasteiger partial charge on any atom is -0.317 e. The van der Waals surface area contributed by atoms with Crippen LogP contribution in [0.15, 0.2) is 23.0 Å². The molecule has 0 radical (unpaired) electrons. The minimum absolute atomic E-state index is 0.0478. The number of H-pyrrole nitrogens is 1. The summed E-state index contributed by atoms with van der Waals surface area (Å²) >= 11 is 5.84. The molecule has 96 valence electrons. The number of amides is 1. The van der Waals surface area contributed by atoms with Crippen LogP contribution in [-0.4, -0.2) is 30.7 Å². The van der Waals surface area contributed by atoms with Gasteiger partial charge in [0, 0.05) is 5.02 Å². The topological polar surface area (TPSA) is 112 Å². The summed E-state index contributed by atoms with van der Waals surface area (Å²) in [6.07, 6.45) is 0. The third-order valence-corrected chi connectivity index (χ3v) is 2.78. The average Bonchev–Trinajstić information content (AvgIpc) is 2.83. The number of carbonyl (C=O) groups is 1. The van der Waals surface area contributed by atoms with E-state index in [2.05, 4.69) is 15.1 Å². The van der Waals surface area contributed by atoms with Crippen molar-refractivity contribution in [3.8, 4) is 0 Å². The lowest BCUT2D eigenvalue weighted by atomic mass is 10.3. The van der Waals surface area contributed by atoms with Crippen LogP contribution in [-0.2, 0) is 0 Å². The van der Waals surface area contributed by atoms with Crippen LogP contribution in [0.1, 0.15) is 10.6 Å². The molecule has 1 aromatic carbocycles.